The second kappa shape index (κ2) is 12.5. The topological polar surface area (TPSA) is 80.0 Å². The molecule has 0 atom stereocenters. The number of hydrogen-bond donors (Lipinski definition) is 2. The zero-order valence-electron chi connectivity index (χ0n) is 20.7. The van der Waals surface area contributed by atoms with E-state index in [1.54, 1.807) is 12.1 Å². The summed E-state index contributed by atoms with van der Waals surface area (Å²) in [6.07, 6.45) is 0. The monoisotopic (exact) mass is 605 g/mol. The molecule has 2 heterocycles. The molecule has 0 aliphatic carbocycles. The zero-order chi connectivity index (χ0) is 27.1. The third-order valence-corrected chi connectivity index (χ3v) is 7.46. The van der Waals surface area contributed by atoms with Gasteiger partial charge in [0, 0.05) is 35.5 Å². The van der Waals surface area contributed by atoms with Crippen molar-refractivity contribution in [3.05, 3.63) is 87.4 Å². The number of nitrogens with zero attached hydrogens (tertiary/aromatic N) is 5. The number of rotatable bonds is 8. The molecule has 0 aliphatic heterocycles. The van der Waals surface area contributed by atoms with Crippen LogP contribution in [0.5, 0.6) is 0 Å². The van der Waals surface area contributed by atoms with Gasteiger partial charge in [-0.3, -0.25) is 0 Å². The number of benzene rings is 2. The minimum atomic E-state index is -0.238. The molecule has 0 spiro atoms. The molecule has 0 radical (unpaired) electrons. The third kappa shape index (κ3) is 8.52. The largest absolute Gasteiger partial charge is 0.393 e. The summed E-state index contributed by atoms with van der Waals surface area (Å²) < 4.78 is 34.3. The van der Waals surface area contributed by atoms with Crippen molar-refractivity contribution >= 4 is 55.2 Å². The van der Waals surface area contributed by atoms with E-state index in [4.69, 9.17) is 6.57 Å². The molecular weight excluding hydrogens is 580 g/mol. The average Bonchev–Trinajstić information content (AvgIpc) is 3.51. The van der Waals surface area contributed by atoms with Gasteiger partial charge in [0.25, 0.3) is 5.13 Å². The first-order chi connectivity index (χ1) is 17.5. The second-order valence-electron chi connectivity index (χ2n) is 9.37. The fourth-order valence-electron chi connectivity index (χ4n) is 3.21. The van der Waals surface area contributed by atoms with Crippen LogP contribution in [0.15, 0.2) is 53.3 Å². The van der Waals surface area contributed by atoms with Crippen LogP contribution in [0.3, 0.4) is 0 Å². The highest BCUT2D eigenvalue weighted by Gasteiger charge is 2.22. The van der Waals surface area contributed by atoms with Gasteiger partial charge in [-0.05, 0) is 51.3 Å². The highest BCUT2D eigenvalue weighted by Crippen LogP contribution is 2.26. The standard InChI is InChI=1S/C13H13FN4S.C12H13BrFN3S/c1-13(2,9-4-6-10(14)7-5-9)8-16-12-17-11(15-3)18-19-12;1-12(2,8-3-5-9(14)6-4-8)7-15-11-16-10(13)17-18-11/h4-7H,8H2,1-2H3,(H,16,17,18);3-6H,7H2,1-2H3,(H,15,16,17). The van der Waals surface area contributed by atoms with E-state index in [0.29, 0.717) is 23.0 Å². The van der Waals surface area contributed by atoms with Crippen LogP contribution >= 0.6 is 39.0 Å². The quantitative estimate of drug-likeness (QED) is 0.203. The summed E-state index contributed by atoms with van der Waals surface area (Å²) in [5.41, 5.74) is 1.85. The molecule has 0 saturated heterocycles. The van der Waals surface area contributed by atoms with Gasteiger partial charge in [-0.15, -0.1) is 11.6 Å². The lowest BCUT2D eigenvalue weighted by atomic mass is 9.84. The van der Waals surface area contributed by atoms with Gasteiger partial charge in [0.15, 0.2) is 0 Å². The molecule has 12 heteroatoms. The van der Waals surface area contributed by atoms with Crippen molar-refractivity contribution in [2.45, 2.75) is 38.5 Å². The van der Waals surface area contributed by atoms with Crippen molar-refractivity contribution in [3.63, 3.8) is 0 Å². The summed E-state index contributed by atoms with van der Waals surface area (Å²) in [6, 6.07) is 13.1. The Labute approximate surface area is 231 Å². The number of anilines is 2. The van der Waals surface area contributed by atoms with E-state index in [1.807, 2.05) is 12.1 Å². The van der Waals surface area contributed by atoms with Crippen LogP contribution in [0, 0.1) is 18.2 Å². The molecule has 2 aromatic heterocycles. The third-order valence-electron chi connectivity index (χ3n) is 5.53. The number of halogens is 3. The lowest BCUT2D eigenvalue weighted by Crippen LogP contribution is -2.27. The fraction of sp³-hybridized carbons (Fsp3) is 0.320. The predicted molar refractivity (Wildman–Crippen MR) is 150 cm³/mol. The van der Waals surface area contributed by atoms with E-state index in [0.717, 1.165) is 16.3 Å². The Balaban J connectivity index is 0.000000206. The van der Waals surface area contributed by atoms with Crippen LogP contribution in [0.25, 0.3) is 4.85 Å². The van der Waals surface area contributed by atoms with Crippen LogP contribution in [0.2, 0.25) is 0 Å². The molecule has 0 amide bonds. The van der Waals surface area contributed by atoms with Crippen LogP contribution in [-0.2, 0) is 10.8 Å². The molecule has 2 N–H and O–H groups in total. The number of nitrogens with one attached hydrogen (secondary N) is 2. The molecule has 194 valence electrons. The number of aromatic nitrogens is 4. The Bertz CT molecular complexity index is 1330. The Hall–Kier alpha value is -3.01. The maximum Gasteiger partial charge on any atom is 0.386 e. The molecule has 0 saturated carbocycles. The van der Waals surface area contributed by atoms with Crippen LogP contribution in [0.4, 0.5) is 25.0 Å². The predicted octanol–water partition coefficient (Wildman–Crippen LogP) is 7.45. The summed E-state index contributed by atoms with van der Waals surface area (Å²) in [6.45, 7) is 16.5. The summed E-state index contributed by atoms with van der Waals surface area (Å²) in [5.74, 6) is -0.291. The van der Waals surface area contributed by atoms with Crippen LogP contribution in [0.1, 0.15) is 38.8 Å². The van der Waals surface area contributed by atoms with Crippen molar-refractivity contribution in [1.82, 2.24) is 18.7 Å². The Morgan fingerprint density at radius 3 is 1.59 bits per heavy atom. The molecule has 2 aromatic carbocycles. The Kier molecular flexibility index (Phi) is 9.64. The van der Waals surface area contributed by atoms with E-state index in [9.17, 15) is 8.78 Å². The zero-order valence-corrected chi connectivity index (χ0v) is 23.9. The lowest BCUT2D eigenvalue weighted by Gasteiger charge is -2.25. The van der Waals surface area contributed by atoms with Gasteiger partial charge in [0.2, 0.25) is 9.87 Å². The molecule has 7 nitrogen and oxygen atoms in total. The van der Waals surface area contributed by atoms with E-state index >= 15 is 0 Å². The molecule has 37 heavy (non-hydrogen) atoms. The summed E-state index contributed by atoms with van der Waals surface area (Å²) in [5, 5.41) is 7.80. The Morgan fingerprint density at radius 2 is 1.22 bits per heavy atom. The van der Waals surface area contributed by atoms with Crippen molar-refractivity contribution in [1.29, 1.82) is 0 Å². The minimum absolute atomic E-state index is 0.105. The summed E-state index contributed by atoms with van der Waals surface area (Å²) in [4.78, 5) is 11.4. The van der Waals surface area contributed by atoms with Gasteiger partial charge in [-0.2, -0.15) is 9.36 Å². The fourth-order valence-corrected chi connectivity index (χ4v) is 4.70. The van der Waals surface area contributed by atoms with Crippen molar-refractivity contribution in [2.24, 2.45) is 0 Å². The normalized spacial score (nSPS) is 11.3. The van der Waals surface area contributed by atoms with Crippen LogP contribution in [-0.4, -0.2) is 31.8 Å². The van der Waals surface area contributed by atoms with Gasteiger partial charge >= 0.3 is 5.95 Å². The minimum Gasteiger partial charge on any atom is -0.393 e. The van der Waals surface area contributed by atoms with Gasteiger partial charge in [0.05, 0.1) is 11.5 Å². The summed E-state index contributed by atoms with van der Waals surface area (Å²) >= 11 is 5.69. The molecule has 0 bridgehead atoms. The van der Waals surface area contributed by atoms with Gasteiger partial charge < -0.3 is 15.5 Å². The van der Waals surface area contributed by atoms with Crippen molar-refractivity contribution < 1.29 is 8.78 Å². The van der Waals surface area contributed by atoms with Gasteiger partial charge in [0.1, 0.15) is 11.6 Å². The average molecular weight is 607 g/mol. The SMILES string of the molecule is CC(C)(CNc1nc(Br)ns1)c1ccc(F)cc1.[C-]#[N+]c1nsc(NCC(C)(C)c2ccc(F)cc2)n1. The molecule has 0 aliphatic rings. The molecule has 4 rings (SSSR count). The molecule has 4 aromatic rings. The number of hydrogen-bond acceptors (Lipinski definition) is 8. The maximum atomic E-state index is 12.9. The first-order valence-corrected chi connectivity index (χ1v) is 13.5. The van der Waals surface area contributed by atoms with Gasteiger partial charge in [-0.1, -0.05) is 56.3 Å². The van der Waals surface area contributed by atoms with E-state index in [1.165, 1.54) is 47.3 Å². The first-order valence-electron chi connectivity index (χ1n) is 11.2. The van der Waals surface area contributed by atoms with Crippen LogP contribution < -0.4 is 10.6 Å². The van der Waals surface area contributed by atoms with Crippen molar-refractivity contribution in [2.75, 3.05) is 23.7 Å². The molecular formula is C25H26BrF2N7S2. The second-order valence-corrected chi connectivity index (χ2v) is 11.6. The van der Waals surface area contributed by atoms with E-state index in [2.05, 4.69) is 77.8 Å². The first kappa shape index (κ1) is 28.6. The van der Waals surface area contributed by atoms with Crippen molar-refractivity contribution in [3.8, 4) is 0 Å². The lowest BCUT2D eigenvalue weighted by molar-refractivity contribution is 0.553. The van der Waals surface area contributed by atoms with Gasteiger partial charge in [-0.25, -0.2) is 8.78 Å². The molecule has 0 unspecified atom stereocenters. The maximum absolute atomic E-state index is 12.9. The molecule has 0 fully saturated rings. The Morgan fingerprint density at radius 1 is 0.784 bits per heavy atom. The highest BCUT2D eigenvalue weighted by atomic mass is 79.9. The highest BCUT2D eigenvalue weighted by molar-refractivity contribution is 9.10. The van der Waals surface area contributed by atoms with E-state index in [-0.39, 0.29) is 28.4 Å². The van der Waals surface area contributed by atoms with E-state index < -0.39 is 0 Å². The summed E-state index contributed by atoms with van der Waals surface area (Å²) in [7, 11) is 0. The smallest absolute Gasteiger partial charge is 0.386 e.